The van der Waals surface area contributed by atoms with Crippen molar-refractivity contribution in [2.24, 2.45) is 11.8 Å². The molecule has 0 spiro atoms. The van der Waals surface area contributed by atoms with Crippen molar-refractivity contribution in [2.45, 2.75) is 19.9 Å². The summed E-state index contributed by atoms with van der Waals surface area (Å²) < 4.78 is 0. The Morgan fingerprint density at radius 2 is 2.31 bits per heavy atom. The SMILES string of the molecule is Cc1ccc(CNC2=CC3CC3C=C2)cn1. The summed E-state index contributed by atoms with van der Waals surface area (Å²) in [7, 11) is 0. The molecule has 2 atom stereocenters. The highest BCUT2D eigenvalue weighted by molar-refractivity contribution is 5.30. The number of aromatic nitrogens is 1. The molecule has 2 heteroatoms. The number of pyridine rings is 1. The molecule has 2 aliphatic carbocycles. The second kappa shape index (κ2) is 3.78. The van der Waals surface area contributed by atoms with Crippen LogP contribution in [0.5, 0.6) is 0 Å². The van der Waals surface area contributed by atoms with Crippen molar-refractivity contribution in [1.29, 1.82) is 0 Å². The lowest BCUT2D eigenvalue weighted by Gasteiger charge is -2.09. The van der Waals surface area contributed by atoms with Gasteiger partial charge >= 0.3 is 0 Å². The fourth-order valence-electron chi connectivity index (χ4n) is 2.09. The molecule has 1 fully saturated rings. The Morgan fingerprint density at radius 1 is 1.38 bits per heavy atom. The third kappa shape index (κ3) is 2.01. The van der Waals surface area contributed by atoms with E-state index in [1.165, 1.54) is 17.7 Å². The van der Waals surface area contributed by atoms with Crippen LogP contribution in [0.3, 0.4) is 0 Å². The maximum atomic E-state index is 4.29. The molecule has 3 rings (SSSR count). The third-order valence-electron chi connectivity index (χ3n) is 3.28. The summed E-state index contributed by atoms with van der Waals surface area (Å²) >= 11 is 0. The van der Waals surface area contributed by atoms with Gasteiger partial charge in [-0.2, -0.15) is 0 Å². The molecule has 16 heavy (non-hydrogen) atoms. The van der Waals surface area contributed by atoms with E-state index in [1.54, 1.807) is 0 Å². The lowest BCUT2D eigenvalue weighted by Crippen LogP contribution is -2.13. The fraction of sp³-hybridized carbons (Fsp3) is 0.357. The molecule has 0 aliphatic heterocycles. The zero-order valence-corrected chi connectivity index (χ0v) is 9.48. The Morgan fingerprint density at radius 3 is 3.06 bits per heavy atom. The number of fused-ring (bicyclic) bond motifs is 1. The Labute approximate surface area is 96.1 Å². The minimum Gasteiger partial charge on any atom is -0.381 e. The number of allylic oxidation sites excluding steroid dienone is 3. The van der Waals surface area contributed by atoms with E-state index >= 15 is 0 Å². The average Bonchev–Trinajstić information content (AvgIpc) is 3.06. The van der Waals surface area contributed by atoms with Crippen LogP contribution in [0.1, 0.15) is 17.7 Å². The number of nitrogens with zero attached hydrogens (tertiary/aromatic N) is 1. The number of hydrogen-bond acceptors (Lipinski definition) is 2. The Kier molecular flexibility index (Phi) is 2.28. The van der Waals surface area contributed by atoms with Crippen LogP contribution in [-0.4, -0.2) is 4.98 Å². The predicted molar refractivity (Wildman–Crippen MR) is 64.6 cm³/mol. The number of hydrogen-bond donors (Lipinski definition) is 1. The molecule has 0 amide bonds. The third-order valence-corrected chi connectivity index (χ3v) is 3.28. The number of nitrogens with one attached hydrogen (secondary N) is 1. The highest BCUT2D eigenvalue weighted by atomic mass is 14.9. The van der Waals surface area contributed by atoms with Crippen molar-refractivity contribution in [1.82, 2.24) is 10.3 Å². The van der Waals surface area contributed by atoms with Gasteiger partial charge in [0.25, 0.3) is 0 Å². The molecule has 0 saturated heterocycles. The molecule has 2 nitrogen and oxygen atoms in total. The Hall–Kier alpha value is -1.57. The van der Waals surface area contributed by atoms with E-state index in [1.807, 2.05) is 13.1 Å². The number of aryl methyl sites for hydroxylation is 1. The van der Waals surface area contributed by atoms with Crippen molar-refractivity contribution in [3.63, 3.8) is 0 Å². The molecule has 1 heterocycles. The van der Waals surface area contributed by atoms with Crippen LogP contribution in [0.4, 0.5) is 0 Å². The van der Waals surface area contributed by atoms with Gasteiger partial charge in [0, 0.05) is 24.1 Å². The maximum absolute atomic E-state index is 4.29. The van der Waals surface area contributed by atoms with Crippen molar-refractivity contribution < 1.29 is 0 Å². The first-order chi connectivity index (χ1) is 7.81. The van der Waals surface area contributed by atoms with Gasteiger partial charge in [-0.25, -0.2) is 0 Å². The molecule has 1 aromatic rings. The van der Waals surface area contributed by atoms with Gasteiger partial charge in [-0.3, -0.25) is 4.98 Å². The lowest BCUT2D eigenvalue weighted by molar-refractivity contribution is 0.801. The van der Waals surface area contributed by atoms with Crippen LogP contribution in [0.2, 0.25) is 0 Å². The van der Waals surface area contributed by atoms with E-state index < -0.39 is 0 Å². The van der Waals surface area contributed by atoms with Gasteiger partial charge in [0.2, 0.25) is 0 Å². The summed E-state index contributed by atoms with van der Waals surface area (Å²) in [6.45, 7) is 2.87. The highest BCUT2D eigenvalue weighted by Gasteiger charge is 2.34. The average molecular weight is 212 g/mol. The summed E-state index contributed by atoms with van der Waals surface area (Å²) in [5.74, 6) is 1.65. The van der Waals surface area contributed by atoms with Crippen LogP contribution in [0.25, 0.3) is 0 Å². The highest BCUT2D eigenvalue weighted by Crippen LogP contribution is 2.43. The number of rotatable bonds is 3. The van der Waals surface area contributed by atoms with Crippen molar-refractivity contribution in [2.75, 3.05) is 0 Å². The van der Waals surface area contributed by atoms with Gasteiger partial charge in [0.05, 0.1) is 0 Å². The molecule has 0 aromatic carbocycles. The zero-order valence-electron chi connectivity index (χ0n) is 9.48. The fourth-order valence-corrected chi connectivity index (χ4v) is 2.09. The lowest BCUT2D eigenvalue weighted by atomic mass is 10.1. The van der Waals surface area contributed by atoms with Crippen LogP contribution < -0.4 is 5.32 Å². The molecular weight excluding hydrogens is 196 g/mol. The largest absolute Gasteiger partial charge is 0.381 e. The summed E-state index contributed by atoms with van der Waals surface area (Å²) in [6, 6.07) is 4.18. The Bertz CT molecular complexity index is 442. The van der Waals surface area contributed by atoms with E-state index in [0.717, 1.165) is 24.1 Å². The first-order valence-electron chi connectivity index (χ1n) is 5.87. The van der Waals surface area contributed by atoms with Gasteiger partial charge in [0.15, 0.2) is 0 Å². The molecule has 0 bridgehead atoms. The van der Waals surface area contributed by atoms with Crippen LogP contribution >= 0.6 is 0 Å². The normalized spacial score (nSPS) is 25.9. The summed E-state index contributed by atoms with van der Waals surface area (Å²) in [5.41, 5.74) is 3.57. The summed E-state index contributed by atoms with van der Waals surface area (Å²) in [6.07, 6.45) is 10.2. The topological polar surface area (TPSA) is 24.9 Å². The van der Waals surface area contributed by atoms with Gasteiger partial charge in [-0.05, 0) is 42.9 Å². The minimum atomic E-state index is 0.809. The monoisotopic (exact) mass is 212 g/mol. The van der Waals surface area contributed by atoms with Crippen LogP contribution in [0.15, 0.2) is 42.3 Å². The van der Waals surface area contributed by atoms with Crippen molar-refractivity contribution >= 4 is 0 Å². The second-order valence-electron chi connectivity index (χ2n) is 4.71. The van der Waals surface area contributed by atoms with Gasteiger partial charge in [-0.15, -0.1) is 0 Å². The quantitative estimate of drug-likeness (QED) is 0.833. The van der Waals surface area contributed by atoms with Crippen LogP contribution in [-0.2, 0) is 6.54 Å². The zero-order chi connectivity index (χ0) is 11.0. The van der Waals surface area contributed by atoms with Crippen LogP contribution in [0, 0.1) is 18.8 Å². The summed E-state index contributed by atoms with van der Waals surface area (Å²) in [5, 5.41) is 3.45. The molecule has 1 saturated carbocycles. The maximum Gasteiger partial charge on any atom is 0.0415 e. The van der Waals surface area contributed by atoms with Crippen molar-refractivity contribution in [3.05, 3.63) is 53.5 Å². The Balaban J connectivity index is 1.60. The second-order valence-corrected chi connectivity index (χ2v) is 4.71. The molecular formula is C14H16N2. The first-order valence-corrected chi connectivity index (χ1v) is 5.87. The van der Waals surface area contributed by atoms with E-state index in [2.05, 4.69) is 40.7 Å². The van der Waals surface area contributed by atoms with E-state index in [9.17, 15) is 0 Å². The standard InChI is InChI=1S/C14H16N2/c1-10-2-3-11(8-15-10)9-16-14-5-4-12-6-13(12)7-14/h2-5,7-8,12-13,16H,6,9H2,1H3. The first kappa shape index (κ1) is 9.64. The van der Waals surface area contributed by atoms with Gasteiger partial charge in [0.1, 0.15) is 0 Å². The van der Waals surface area contributed by atoms with Gasteiger partial charge < -0.3 is 5.32 Å². The van der Waals surface area contributed by atoms with Crippen molar-refractivity contribution in [3.8, 4) is 0 Å². The molecule has 0 radical (unpaired) electrons. The predicted octanol–water partition coefficient (Wildman–Crippen LogP) is 2.57. The summed E-state index contributed by atoms with van der Waals surface area (Å²) in [4.78, 5) is 4.29. The minimum absolute atomic E-state index is 0.809. The molecule has 2 unspecified atom stereocenters. The molecule has 1 N–H and O–H groups in total. The molecule has 2 aliphatic rings. The van der Waals surface area contributed by atoms with E-state index in [-0.39, 0.29) is 0 Å². The molecule has 1 aromatic heterocycles. The van der Waals surface area contributed by atoms with E-state index in [4.69, 9.17) is 0 Å². The smallest absolute Gasteiger partial charge is 0.0415 e. The van der Waals surface area contributed by atoms with Gasteiger partial charge in [-0.1, -0.05) is 18.2 Å². The molecule has 82 valence electrons. The van der Waals surface area contributed by atoms with E-state index in [0.29, 0.717) is 0 Å².